The molecule has 0 spiro atoms. The monoisotopic (exact) mass is 305 g/mol. The van der Waals surface area contributed by atoms with E-state index in [1.54, 1.807) is 0 Å². The van der Waals surface area contributed by atoms with Crippen LogP contribution >= 0.6 is 0 Å². The summed E-state index contributed by atoms with van der Waals surface area (Å²) >= 11 is 0. The minimum absolute atomic E-state index is 0.196. The summed E-state index contributed by atoms with van der Waals surface area (Å²) in [6.07, 6.45) is 2.64. The normalized spacial score (nSPS) is 18.5. The number of pyridine rings is 1. The van der Waals surface area contributed by atoms with Crippen molar-refractivity contribution in [1.29, 1.82) is 0 Å². The molecular weight excluding hydrogens is 278 g/mol. The first-order chi connectivity index (χ1) is 10.3. The van der Waals surface area contributed by atoms with Crippen molar-refractivity contribution >= 4 is 6.09 Å². The standard InChI is InChI=1S/C17H27N3O2/c1-13-15(6-5-8-19-13)11-18-10-14-7-9-20(12-14)16(21)22-17(2,3)4/h5-6,8,14,18H,7,9-12H2,1-4H3. The van der Waals surface area contributed by atoms with Crippen LogP contribution in [-0.2, 0) is 11.3 Å². The van der Waals surface area contributed by atoms with Gasteiger partial charge < -0.3 is 15.0 Å². The molecule has 1 amide bonds. The molecule has 1 atom stereocenters. The minimum Gasteiger partial charge on any atom is -0.444 e. The average Bonchev–Trinajstić information content (AvgIpc) is 2.88. The number of hydrogen-bond acceptors (Lipinski definition) is 4. The first kappa shape index (κ1) is 16.7. The smallest absolute Gasteiger partial charge is 0.410 e. The van der Waals surface area contributed by atoms with E-state index in [-0.39, 0.29) is 6.09 Å². The van der Waals surface area contributed by atoms with Crippen molar-refractivity contribution in [2.24, 2.45) is 5.92 Å². The van der Waals surface area contributed by atoms with E-state index in [9.17, 15) is 4.79 Å². The Morgan fingerprint density at radius 2 is 2.27 bits per heavy atom. The topological polar surface area (TPSA) is 54.5 Å². The molecule has 1 saturated heterocycles. The maximum Gasteiger partial charge on any atom is 0.410 e. The fraction of sp³-hybridized carbons (Fsp3) is 0.647. The highest BCUT2D eigenvalue weighted by molar-refractivity contribution is 5.68. The number of carbonyl (C=O) groups excluding carboxylic acids is 1. The lowest BCUT2D eigenvalue weighted by Gasteiger charge is -2.24. The first-order valence-corrected chi connectivity index (χ1v) is 7.94. The van der Waals surface area contributed by atoms with Gasteiger partial charge in [-0.1, -0.05) is 6.07 Å². The van der Waals surface area contributed by atoms with Crippen molar-refractivity contribution in [3.05, 3.63) is 29.6 Å². The number of rotatable bonds is 4. The SMILES string of the molecule is Cc1ncccc1CNCC1CCN(C(=O)OC(C)(C)C)C1. The van der Waals surface area contributed by atoms with Gasteiger partial charge in [0, 0.05) is 38.1 Å². The van der Waals surface area contributed by atoms with E-state index in [4.69, 9.17) is 4.74 Å². The van der Waals surface area contributed by atoms with Crippen LogP contribution in [0.15, 0.2) is 18.3 Å². The van der Waals surface area contributed by atoms with Gasteiger partial charge in [0.15, 0.2) is 0 Å². The molecule has 0 aliphatic carbocycles. The van der Waals surface area contributed by atoms with Gasteiger partial charge in [0.25, 0.3) is 0 Å². The van der Waals surface area contributed by atoms with Crippen LogP contribution in [0, 0.1) is 12.8 Å². The lowest BCUT2D eigenvalue weighted by atomic mass is 10.1. The Morgan fingerprint density at radius 1 is 1.50 bits per heavy atom. The summed E-state index contributed by atoms with van der Waals surface area (Å²) in [5, 5.41) is 3.47. The number of likely N-dealkylation sites (tertiary alicyclic amines) is 1. The Hall–Kier alpha value is -1.62. The van der Waals surface area contributed by atoms with E-state index >= 15 is 0 Å². The van der Waals surface area contributed by atoms with Gasteiger partial charge in [-0.25, -0.2) is 4.79 Å². The number of aryl methyl sites for hydroxylation is 1. The fourth-order valence-electron chi connectivity index (χ4n) is 2.61. The molecule has 0 saturated carbocycles. The second-order valence-electron chi connectivity index (χ2n) is 6.96. The van der Waals surface area contributed by atoms with Gasteiger partial charge in [-0.3, -0.25) is 4.98 Å². The van der Waals surface area contributed by atoms with E-state index in [0.29, 0.717) is 5.92 Å². The van der Waals surface area contributed by atoms with Crippen LogP contribution in [0.3, 0.4) is 0 Å². The molecular formula is C17H27N3O2. The molecule has 22 heavy (non-hydrogen) atoms. The van der Waals surface area contributed by atoms with Gasteiger partial charge in [-0.2, -0.15) is 0 Å². The van der Waals surface area contributed by atoms with Crippen molar-refractivity contribution in [1.82, 2.24) is 15.2 Å². The van der Waals surface area contributed by atoms with Crippen LogP contribution in [0.25, 0.3) is 0 Å². The van der Waals surface area contributed by atoms with E-state index in [1.807, 2.05) is 44.9 Å². The van der Waals surface area contributed by atoms with Crippen molar-refractivity contribution in [3.63, 3.8) is 0 Å². The van der Waals surface area contributed by atoms with Crippen LogP contribution in [0.2, 0.25) is 0 Å². The molecule has 0 bridgehead atoms. The average molecular weight is 305 g/mol. The van der Waals surface area contributed by atoms with Crippen LogP contribution in [0.1, 0.15) is 38.4 Å². The summed E-state index contributed by atoms with van der Waals surface area (Å²) in [6, 6.07) is 4.06. The third kappa shape index (κ3) is 4.98. The Labute approximate surface area is 133 Å². The number of ether oxygens (including phenoxy) is 1. The third-order valence-electron chi connectivity index (χ3n) is 3.80. The van der Waals surface area contributed by atoms with Crippen LogP contribution in [0.4, 0.5) is 4.79 Å². The highest BCUT2D eigenvalue weighted by Gasteiger charge is 2.29. The van der Waals surface area contributed by atoms with Crippen LogP contribution < -0.4 is 5.32 Å². The second kappa shape index (κ2) is 7.09. The van der Waals surface area contributed by atoms with E-state index < -0.39 is 5.60 Å². The molecule has 0 radical (unpaired) electrons. The Balaban J connectivity index is 1.73. The van der Waals surface area contributed by atoms with E-state index in [1.165, 1.54) is 5.56 Å². The predicted molar refractivity (Wildman–Crippen MR) is 86.6 cm³/mol. The molecule has 1 unspecified atom stereocenters. The summed E-state index contributed by atoms with van der Waals surface area (Å²) in [6.45, 7) is 11.0. The molecule has 1 aliphatic rings. The molecule has 1 aromatic rings. The zero-order chi connectivity index (χ0) is 16.2. The Morgan fingerprint density at radius 3 is 2.95 bits per heavy atom. The fourth-order valence-corrected chi connectivity index (χ4v) is 2.61. The Kier molecular flexibility index (Phi) is 5.40. The van der Waals surface area contributed by atoms with Crippen LogP contribution in [0.5, 0.6) is 0 Å². The first-order valence-electron chi connectivity index (χ1n) is 7.94. The number of hydrogen-bond donors (Lipinski definition) is 1. The van der Waals surface area contributed by atoms with Gasteiger partial charge in [0.2, 0.25) is 0 Å². The van der Waals surface area contributed by atoms with E-state index in [0.717, 1.165) is 38.3 Å². The van der Waals surface area contributed by atoms with Gasteiger partial charge >= 0.3 is 6.09 Å². The number of aromatic nitrogens is 1. The van der Waals surface area contributed by atoms with Gasteiger partial charge in [0.05, 0.1) is 0 Å². The number of carbonyl (C=O) groups is 1. The maximum atomic E-state index is 12.0. The van der Waals surface area contributed by atoms with Crippen molar-refractivity contribution < 1.29 is 9.53 Å². The molecule has 1 aromatic heterocycles. The lowest BCUT2D eigenvalue weighted by molar-refractivity contribution is 0.0288. The molecule has 5 nitrogen and oxygen atoms in total. The summed E-state index contributed by atoms with van der Waals surface area (Å²) < 4.78 is 5.42. The lowest BCUT2D eigenvalue weighted by Crippen LogP contribution is -2.36. The zero-order valence-corrected chi connectivity index (χ0v) is 14.1. The zero-order valence-electron chi connectivity index (χ0n) is 14.1. The highest BCUT2D eigenvalue weighted by atomic mass is 16.6. The number of amides is 1. The van der Waals surface area contributed by atoms with Gasteiger partial charge in [0.1, 0.15) is 5.60 Å². The van der Waals surface area contributed by atoms with Gasteiger partial charge in [-0.05, 0) is 51.7 Å². The summed E-state index contributed by atoms with van der Waals surface area (Å²) in [5.74, 6) is 0.490. The quantitative estimate of drug-likeness (QED) is 0.929. The minimum atomic E-state index is -0.425. The maximum absolute atomic E-state index is 12.0. The third-order valence-corrected chi connectivity index (χ3v) is 3.80. The molecule has 2 rings (SSSR count). The van der Waals surface area contributed by atoms with Crippen molar-refractivity contribution in [2.45, 2.75) is 46.3 Å². The molecule has 0 aromatic carbocycles. The van der Waals surface area contributed by atoms with Crippen LogP contribution in [-0.4, -0.2) is 41.2 Å². The molecule has 1 fully saturated rings. The molecule has 2 heterocycles. The van der Waals surface area contributed by atoms with Crippen molar-refractivity contribution in [2.75, 3.05) is 19.6 Å². The summed E-state index contributed by atoms with van der Waals surface area (Å²) in [5.41, 5.74) is 1.87. The second-order valence-corrected chi connectivity index (χ2v) is 6.96. The van der Waals surface area contributed by atoms with Gasteiger partial charge in [-0.15, -0.1) is 0 Å². The summed E-state index contributed by atoms with van der Waals surface area (Å²) in [4.78, 5) is 18.1. The Bertz CT molecular complexity index is 511. The largest absolute Gasteiger partial charge is 0.444 e. The molecule has 1 aliphatic heterocycles. The molecule has 5 heteroatoms. The number of nitrogens with one attached hydrogen (secondary N) is 1. The highest BCUT2D eigenvalue weighted by Crippen LogP contribution is 2.19. The molecule has 1 N–H and O–H groups in total. The number of nitrogens with zero attached hydrogens (tertiary/aromatic N) is 2. The van der Waals surface area contributed by atoms with E-state index in [2.05, 4.69) is 16.4 Å². The van der Waals surface area contributed by atoms with Crippen molar-refractivity contribution in [3.8, 4) is 0 Å². The summed E-state index contributed by atoms with van der Waals surface area (Å²) in [7, 11) is 0. The molecule has 122 valence electrons. The predicted octanol–water partition coefficient (Wildman–Crippen LogP) is 2.74.